The minimum absolute atomic E-state index is 0.284. The molecule has 1 fully saturated rings. The summed E-state index contributed by atoms with van der Waals surface area (Å²) in [5, 5.41) is 13.2. The Labute approximate surface area is 172 Å². The van der Waals surface area contributed by atoms with Crippen LogP contribution in [0.2, 0.25) is 0 Å². The van der Waals surface area contributed by atoms with E-state index in [0.717, 1.165) is 38.0 Å². The molecule has 0 radical (unpaired) electrons. The van der Waals surface area contributed by atoms with Crippen molar-refractivity contribution in [1.82, 2.24) is 15.3 Å². The Kier molecular flexibility index (Phi) is 6.99. The van der Waals surface area contributed by atoms with Gasteiger partial charge >= 0.3 is 5.97 Å². The van der Waals surface area contributed by atoms with E-state index < -0.39 is 11.9 Å². The second kappa shape index (κ2) is 9.66. The minimum atomic E-state index is -1.10. The smallest absolute Gasteiger partial charge is 0.329 e. The average Bonchev–Trinajstić information content (AvgIpc) is 2.74. The average molecular weight is 396 g/mol. The molecule has 7 heteroatoms. The third-order valence-corrected chi connectivity index (χ3v) is 5.50. The van der Waals surface area contributed by atoms with Gasteiger partial charge in [0.25, 0.3) is 0 Å². The minimum Gasteiger partial charge on any atom is -0.464 e. The number of fused-ring (bicyclic) bond motifs is 1. The molecular weight excluding hydrogens is 366 g/mol. The van der Waals surface area contributed by atoms with Crippen LogP contribution in [0.25, 0.3) is 11.0 Å². The Bertz CT molecular complexity index is 890. The Morgan fingerprint density at radius 3 is 2.62 bits per heavy atom. The van der Waals surface area contributed by atoms with Crippen LogP contribution in [-0.4, -0.2) is 48.2 Å². The van der Waals surface area contributed by atoms with Crippen LogP contribution in [0.3, 0.4) is 0 Å². The normalized spacial score (nSPS) is 17.9. The van der Waals surface area contributed by atoms with Gasteiger partial charge in [0.2, 0.25) is 0 Å². The highest BCUT2D eigenvalue weighted by atomic mass is 16.5. The second-order valence-electron chi connectivity index (χ2n) is 7.60. The molecule has 3 rings (SSSR count). The molecule has 1 aliphatic heterocycles. The van der Waals surface area contributed by atoms with Crippen LogP contribution in [0.15, 0.2) is 24.3 Å². The first-order chi connectivity index (χ1) is 14.1. The molecule has 2 atom stereocenters. The summed E-state index contributed by atoms with van der Waals surface area (Å²) >= 11 is 0. The Morgan fingerprint density at radius 1 is 1.31 bits per heavy atom. The van der Waals surface area contributed by atoms with Gasteiger partial charge in [0.05, 0.1) is 23.7 Å². The van der Waals surface area contributed by atoms with E-state index in [-0.39, 0.29) is 6.04 Å². The van der Waals surface area contributed by atoms with Gasteiger partial charge in [0.15, 0.2) is 11.7 Å². The van der Waals surface area contributed by atoms with Gasteiger partial charge < -0.3 is 15.0 Å². The van der Waals surface area contributed by atoms with Crippen molar-refractivity contribution in [2.24, 2.45) is 5.92 Å². The van der Waals surface area contributed by atoms with Crippen LogP contribution >= 0.6 is 0 Å². The molecule has 1 aliphatic rings. The van der Waals surface area contributed by atoms with E-state index in [4.69, 9.17) is 9.72 Å². The van der Waals surface area contributed by atoms with Crippen LogP contribution in [0.1, 0.15) is 45.2 Å². The van der Waals surface area contributed by atoms with E-state index in [2.05, 4.69) is 42.0 Å². The third kappa shape index (κ3) is 4.83. The predicted molar refractivity (Wildman–Crippen MR) is 113 cm³/mol. The number of nitrogens with one attached hydrogen (secondary N) is 1. The van der Waals surface area contributed by atoms with E-state index in [0.29, 0.717) is 29.6 Å². The lowest BCUT2D eigenvalue weighted by Gasteiger charge is -2.34. The Balaban J connectivity index is 1.97. The highest BCUT2D eigenvalue weighted by Gasteiger charge is 2.31. The number of carbonyl (C=O) groups is 1. The fraction of sp³-hybridized carbons (Fsp3) is 0.545. The molecule has 0 spiro atoms. The topological polar surface area (TPSA) is 91.1 Å². The molecule has 154 valence electrons. The second-order valence-corrected chi connectivity index (χ2v) is 7.60. The molecule has 1 aromatic heterocycles. The Hall–Kier alpha value is -2.72. The number of ether oxygens (including phenoxy) is 1. The van der Waals surface area contributed by atoms with Gasteiger partial charge in [-0.2, -0.15) is 5.26 Å². The lowest BCUT2D eigenvalue weighted by atomic mass is 10.0. The van der Waals surface area contributed by atoms with E-state index in [1.54, 1.807) is 0 Å². The fourth-order valence-corrected chi connectivity index (χ4v) is 3.59. The first kappa shape index (κ1) is 21.0. The molecule has 0 amide bonds. The number of benzene rings is 1. The first-order valence-corrected chi connectivity index (χ1v) is 10.4. The highest BCUT2D eigenvalue weighted by molar-refractivity contribution is 5.85. The van der Waals surface area contributed by atoms with Crippen LogP contribution in [0.4, 0.5) is 5.82 Å². The van der Waals surface area contributed by atoms with Crippen LogP contribution in [0.5, 0.6) is 0 Å². The number of anilines is 1. The molecule has 2 unspecified atom stereocenters. The van der Waals surface area contributed by atoms with Gasteiger partial charge in [-0.3, -0.25) is 4.79 Å². The SMILES string of the molecule is CCC(CC)COC(=O)C(C#N)c1nc2ccccc2nc1N1CCNC(C)C1. The van der Waals surface area contributed by atoms with Crippen molar-refractivity contribution in [2.45, 2.75) is 45.6 Å². The number of nitrogens with zero attached hydrogens (tertiary/aromatic N) is 4. The van der Waals surface area contributed by atoms with Crippen molar-refractivity contribution in [3.8, 4) is 6.07 Å². The summed E-state index contributed by atoms with van der Waals surface area (Å²) in [4.78, 5) is 24.4. The van der Waals surface area contributed by atoms with Crippen LogP contribution in [0, 0.1) is 17.2 Å². The van der Waals surface area contributed by atoms with Crippen molar-refractivity contribution in [3.05, 3.63) is 30.0 Å². The summed E-state index contributed by atoms with van der Waals surface area (Å²) in [5.74, 6) is -0.743. The highest BCUT2D eigenvalue weighted by Crippen LogP contribution is 2.29. The van der Waals surface area contributed by atoms with Crippen molar-refractivity contribution in [1.29, 1.82) is 5.26 Å². The molecule has 0 bridgehead atoms. The summed E-state index contributed by atoms with van der Waals surface area (Å²) in [6.45, 7) is 8.86. The molecule has 29 heavy (non-hydrogen) atoms. The summed E-state index contributed by atoms with van der Waals surface area (Å²) < 4.78 is 5.51. The molecule has 2 heterocycles. The van der Waals surface area contributed by atoms with Crippen molar-refractivity contribution < 1.29 is 9.53 Å². The number of piperazine rings is 1. The Morgan fingerprint density at radius 2 is 2.00 bits per heavy atom. The number of aromatic nitrogens is 2. The molecule has 0 aliphatic carbocycles. The van der Waals surface area contributed by atoms with Crippen LogP contribution in [-0.2, 0) is 9.53 Å². The zero-order valence-electron chi connectivity index (χ0n) is 17.4. The summed E-state index contributed by atoms with van der Waals surface area (Å²) in [6.07, 6.45) is 1.86. The first-order valence-electron chi connectivity index (χ1n) is 10.4. The van der Waals surface area contributed by atoms with Crippen LogP contribution < -0.4 is 10.2 Å². The van der Waals surface area contributed by atoms with Gasteiger partial charge in [0.1, 0.15) is 5.69 Å². The number of rotatable bonds is 7. The number of carbonyl (C=O) groups excluding carboxylic acids is 1. The predicted octanol–water partition coefficient (Wildman–Crippen LogP) is 3.01. The zero-order valence-corrected chi connectivity index (χ0v) is 17.4. The molecule has 2 aromatic rings. The molecular formula is C22H29N5O2. The summed E-state index contributed by atoms with van der Waals surface area (Å²) in [5.41, 5.74) is 1.80. The molecule has 1 saturated heterocycles. The maximum absolute atomic E-state index is 12.8. The van der Waals surface area contributed by atoms with Crippen molar-refractivity contribution in [3.63, 3.8) is 0 Å². The molecule has 1 aromatic carbocycles. The summed E-state index contributed by atoms with van der Waals surface area (Å²) in [7, 11) is 0. The standard InChI is InChI=1S/C22H29N5O2/c1-4-16(5-2)14-29-22(28)17(12-23)20-21(27-11-10-24-15(3)13-27)26-19-9-7-6-8-18(19)25-20/h6-9,15-17,24H,4-5,10-11,13-14H2,1-3H3. The van der Waals surface area contributed by atoms with E-state index >= 15 is 0 Å². The largest absolute Gasteiger partial charge is 0.464 e. The third-order valence-electron chi connectivity index (χ3n) is 5.50. The van der Waals surface area contributed by atoms with Gasteiger partial charge in [-0.25, -0.2) is 9.97 Å². The zero-order chi connectivity index (χ0) is 20.8. The number of esters is 1. The van der Waals surface area contributed by atoms with Crippen molar-refractivity contribution >= 4 is 22.8 Å². The fourth-order valence-electron chi connectivity index (χ4n) is 3.59. The summed E-state index contributed by atoms with van der Waals surface area (Å²) in [6, 6.07) is 9.93. The lowest BCUT2D eigenvalue weighted by Crippen LogP contribution is -2.50. The van der Waals surface area contributed by atoms with Gasteiger partial charge in [-0.1, -0.05) is 38.8 Å². The van der Waals surface area contributed by atoms with Gasteiger partial charge in [-0.15, -0.1) is 0 Å². The molecule has 7 nitrogen and oxygen atoms in total. The maximum Gasteiger partial charge on any atom is 0.329 e. The molecule has 1 N–H and O–H groups in total. The maximum atomic E-state index is 12.8. The van der Waals surface area contributed by atoms with E-state index in [1.807, 2.05) is 24.3 Å². The number of hydrogen-bond acceptors (Lipinski definition) is 7. The van der Waals surface area contributed by atoms with Gasteiger partial charge in [-0.05, 0) is 25.0 Å². The number of hydrogen-bond donors (Lipinski definition) is 1. The lowest BCUT2D eigenvalue weighted by molar-refractivity contribution is -0.145. The number of nitriles is 1. The van der Waals surface area contributed by atoms with Gasteiger partial charge in [0, 0.05) is 25.7 Å². The number of para-hydroxylation sites is 2. The quantitative estimate of drug-likeness (QED) is 0.721. The van der Waals surface area contributed by atoms with E-state index in [9.17, 15) is 10.1 Å². The van der Waals surface area contributed by atoms with Crippen molar-refractivity contribution in [2.75, 3.05) is 31.1 Å². The monoisotopic (exact) mass is 395 g/mol. The van der Waals surface area contributed by atoms with E-state index in [1.165, 1.54) is 0 Å². The molecule has 0 saturated carbocycles.